The number of nitrogens with zero attached hydrogens (tertiary/aromatic N) is 5. The zero-order chi connectivity index (χ0) is 42.5. The molecule has 11 nitrogen and oxygen atoms in total. The van der Waals surface area contributed by atoms with E-state index in [4.69, 9.17) is 16.7 Å². The number of alkyl halides is 6. The second kappa shape index (κ2) is 16.4. The Balaban J connectivity index is 0.000000221. The van der Waals surface area contributed by atoms with Gasteiger partial charge in [-0.2, -0.15) is 36.9 Å². The Kier molecular flexibility index (Phi) is 11.7. The number of aromatic nitrogens is 1. The first-order valence-corrected chi connectivity index (χ1v) is 16.5. The van der Waals surface area contributed by atoms with Gasteiger partial charge in [0.1, 0.15) is 17.6 Å². The molecule has 0 saturated heterocycles. The summed E-state index contributed by atoms with van der Waals surface area (Å²) in [6.45, 7) is 0. The fourth-order valence-electron chi connectivity index (χ4n) is 6.14. The molecule has 0 aliphatic heterocycles. The summed E-state index contributed by atoms with van der Waals surface area (Å²) < 4.78 is 82.8. The van der Waals surface area contributed by atoms with Gasteiger partial charge in [-0.25, -0.2) is 0 Å². The third-order valence-corrected chi connectivity index (χ3v) is 8.80. The van der Waals surface area contributed by atoms with Crippen molar-refractivity contribution in [1.29, 1.82) is 10.5 Å². The molecule has 8 N–H and O–H groups in total. The van der Waals surface area contributed by atoms with Gasteiger partial charge in [0.2, 0.25) is 0 Å². The first kappa shape index (κ1) is 41.2. The molecule has 294 valence electrons. The molecule has 58 heavy (non-hydrogen) atoms. The number of nitrogens with two attached hydrogens (primary N) is 2. The molecule has 0 atom stereocenters. The van der Waals surface area contributed by atoms with Gasteiger partial charge in [0.15, 0.2) is 11.7 Å². The monoisotopic (exact) mass is 797 g/mol. The van der Waals surface area contributed by atoms with Crippen LogP contribution in [0, 0.1) is 22.7 Å². The van der Waals surface area contributed by atoms with Crippen molar-refractivity contribution in [1.82, 2.24) is 4.57 Å². The number of phenols is 2. The van der Waals surface area contributed by atoms with Crippen LogP contribution in [0.4, 0.5) is 26.3 Å². The van der Waals surface area contributed by atoms with Crippen LogP contribution in [0.1, 0.15) is 33.4 Å². The van der Waals surface area contributed by atoms with Gasteiger partial charge in [-0.05, 0) is 82.9 Å². The van der Waals surface area contributed by atoms with Crippen LogP contribution in [-0.4, -0.2) is 36.9 Å². The van der Waals surface area contributed by atoms with E-state index in [0.29, 0.717) is 22.4 Å². The maximum absolute atomic E-state index is 13.6. The van der Waals surface area contributed by atoms with E-state index in [-0.39, 0.29) is 56.0 Å². The van der Waals surface area contributed by atoms with E-state index in [2.05, 4.69) is 10.3 Å². The van der Waals surface area contributed by atoms with Gasteiger partial charge in [0.05, 0.1) is 34.0 Å². The molecule has 0 radical (unpaired) electrons. The molecule has 1 aromatic heterocycles. The highest BCUT2D eigenvalue weighted by Crippen LogP contribution is 2.44. The van der Waals surface area contributed by atoms with Gasteiger partial charge in [-0.1, -0.05) is 52.8 Å². The number of hydrogen-bond donors (Lipinski definition) is 6. The van der Waals surface area contributed by atoms with E-state index in [1.54, 1.807) is 36.0 Å². The Labute approximate surface area is 325 Å². The Bertz CT molecular complexity index is 2640. The van der Waals surface area contributed by atoms with Crippen LogP contribution in [0.15, 0.2) is 120 Å². The lowest BCUT2D eigenvalue weighted by molar-refractivity contribution is -0.138. The van der Waals surface area contributed by atoms with Gasteiger partial charge in [-0.15, -0.1) is 0 Å². The van der Waals surface area contributed by atoms with E-state index in [1.165, 1.54) is 60.7 Å². The Hall–Kier alpha value is -7.92. The van der Waals surface area contributed by atoms with Crippen LogP contribution in [0.2, 0.25) is 0 Å². The van der Waals surface area contributed by atoms with Gasteiger partial charge in [-0.3, -0.25) is 0 Å². The maximum atomic E-state index is 13.6. The molecular weight excluding hydrogens is 768 g/mol. The van der Waals surface area contributed by atoms with Gasteiger partial charge in [0, 0.05) is 41.1 Å². The smallest absolute Gasteiger partial charge is 0.416 e. The number of aromatic hydroxyl groups is 2. The van der Waals surface area contributed by atoms with Crippen LogP contribution in [0.25, 0.3) is 44.6 Å². The van der Waals surface area contributed by atoms with Gasteiger partial charge in [0.25, 0.3) is 0 Å². The van der Waals surface area contributed by atoms with E-state index in [1.807, 2.05) is 12.1 Å². The van der Waals surface area contributed by atoms with Crippen molar-refractivity contribution in [2.75, 3.05) is 0 Å². The second-order valence-corrected chi connectivity index (χ2v) is 12.4. The number of rotatable bonds is 6. The van der Waals surface area contributed by atoms with E-state index >= 15 is 0 Å². The first-order chi connectivity index (χ1) is 27.4. The van der Waals surface area contributed by atoms with Crippen molar-refractivity contribution in [2.24, 2.45) is 28.8 Å². The highest BCUT2D eigenvalue weighted by atomic mass is 19.4. The molecule has 5 aromatic carbocycles. The summed E-state index contributed by atoms with van der Waals surface area (Å²) in [6.07, 6.45) is -7.80. The molecule has 0 aliphatic rings. The van der Waals surface area contributed by atoms with Crippen LogP contribution >= 0.6 is 0 Å². The molecule has 0 spiro atoms. The predicted molar refractivity (Wildman–Crippen MR) is 201 cm³/mol. The minimum absolute atomic E-state index is 0.0589. The molecule has 6 aromatic rings. The minimum atomic E-state index is -4.69. The first-order valence-electron chi connectivity index (χ1n) is 16.5. The van der Waals surface area contributed by atoms with Gasteiger partial charge >= 0.3 is 12.4 Å². The number of amidine groups is 2. The Morgan fingerprint density at radius 1 is 0.603 bits per heavy atom. The summed E-state index contributed by atoms with van der Waals surface area (Å²) >= 11 is 0. The Morgan fingerprint density at radius 2 is 1.03 bits per heavy atom. The SMILES string of the molecule is Cn1ccc(C#N)c1-c1c(C(N)=NO)cc(C(F)(F)F)cc1-c1ccc(O)cc1.N#Cc1ccccc1-c1c(C(N)=NO)cc(C(F)(F)F)cc1-c1ccc(O)cc1. The maximum Gasteiger partial charge on any atom is 0.416 e. The summed E-state index contributed by atoms with van der Waals surface area (Å²) in [5.41, 5.74) is 11.5. The minimum Gasteiger partial charge on any atom is -0.508 e. The van der Waals surface area contributed by atoms with Crippen molar-refractivity contribution in [2.45, 2.75) is 12.4 Å². The van der Waals surface area contributed by atoms with Crippen molar-refractivity contribution in [3.05, 3.63) is 143 Å². The Morgan fingerprint density at radius 3 is 1.47 bits per heavy atom. The fraction of sp³-hybridized carbons (Fsp3) is 0.0732. The van der Waals surface area contributed by atoms with Crippen molar-refractivity contribution in [3.8, 4) is 68.3 Å². The van der Waals surface area contributed by atoms with Gasteiger partial charge < -0.3 is 36.7 Å². The molecule has 0 saturated carbocycles. The highest BCUT2D eigenvalue weighted by molar-refractivity contribution is 6.08. The summed E-state index contributed by atoms with van der Waals surface area (Å²) in [5, 5.41) is 62.1. The average Bonchev–Trinajstić information content (AvgIpc) is 3.58. The number of halogens is 6. The molecule has 17 heteroatoms. The van der Waals surface area contributed by atoms with Crippen LogP contribution < -0.4 is 11.5 Å². The lowest BCUT2D eigenvalue weighted by atomic mass is 9.86. The quantitative estimate of drug-likeness (QED) is 0.0315. The standard InChI is InChI=1S/C21H14F3N3O2.C20H15F3N4O2/c22-21(23,24)14-9-17(12-5-7-15(28)8-6-12)19(18(10-14)20(26)27-29)16-4-2-1-3-13(16)11-25;1-27-7-6-12(10-24)18(27)17-15(11-2-4-14(28)5-3-11)8-13(20(21,22)23)9-16(17)19(25)26-29/h1-10,28-29H,(H2,26,27);2-9,28-29H,1H3,(H2,25,26). The van der Waals surface area contributed by atoms with Crippen LogP contribution in [-0.2, 0) is 19.4 Å². The van der Waals surface area contributed by atoms with Crippen molar-refractivity contribution in [3.63, 3.8) is 0 Å². The second-order valence-electron chi connectivity index (χ2n) is 12.4. The third kappa shape index (κ3) is 8.48. The van der Waals surface area contributed by atoms with Crippen LogP contribution in [0.5, 0.6) is 11.5 Å². The van der Waals surface area contributed by atoms with E-state index in [9.17, 15) is 52.3 Å². The molecule has 0 amide bonds. The summed E-state index contributed by atoms with van der Waals surface area (Å²) in [6, 6.07) is 26.4. The largest absolute Gasteiger partial charge is 0.508 e. The van der Waals surface area contributed by atoms with Crippen molar-refractivity contribution >= 4 is 11.7 Å². The molecular formula is C41H29F6N7O4. The lowest BCUT2D eigenvalue weighted by Gasteiger charge is -2.19. The highest BCUT2D eigenvalue weighted by Gasteiger charge is 2.35. The zero-order valence-electron chi connectivity index (χ0n) is 29.8. The molecule has 0 fully saturated rings. The molecule has 6 rings (SSSR count). The average molecular weight is 798 g/mol. The van der Waals surface area contributed by atoms with Crippen LogP contribution in [0.3, 0.4) is 0 Å². The number of nitriles is 2. The predicted octanol–water partition coefficient (Wildman–Crippen LogP) is 8.76. The summed E-state index contributed by atoms with van der Waals surface area (Å²) in [5.74, 6) is -1.18. The number of benzene rings is 5. The summed E-state index contributed by atoms with van der Waals surface area (Å²) in [4.78, 5) is 0. The number of phenolic OH excluding ortho intramolecular Hbond substituents is 2. The molecule has 0 bridgehead atoms. The topological polar surface area (TPSA) is 210 Å². The molecule has 0 aliphatic carbocycles. The molecule has 1 heterocycles. The summed E-state index contributed by atoms with van der Waals surface area (Å²) in [7, 11) is 1.63. The zero-order valence-corrected chi connectivity index (χ0v) is 29.8. The number of oxime groups is 2. The van der Waals surface area contributed by atoms with Crippen molar-refractivity contribution < 1.29 is 47.0 Å². The third-order valence-electron chi connectivity index (χ3n) is 8.80. The number of aryl methyl sites for hydroxylation is 1. The van der Waals surface area contributed by atoms with E-state index in [0.717, 1.165) is 24.3 Å². The lowest BCUT2D eigenvalue weighted by Crippen LogP contribution is -2.18. The number of hydrogen-bond acceptors (Lipinski definition) is 8. The fourth-order valence-corrected chi connectivity index (χ4v) is 6.14. The van der Waals surface area contributed by atoms with E-state index < -0.39 is 35.2 Å². The normalized spacial score (nSPS) is 11.9. The molecule has 0 unspecified atom stereocenters.